The van der Waals surface area contributed by atoms with Gasteiger partial charge >= 0.3 is 0 Å². The lowest BCUT2D eigenvalue weighted by Crippen LogP contribution is -2.58. The van der Waals surface area contributed by atoms with Crippen LogP contribution in [-0.2, 0) is 0 Å². The highest BCUT2D eigenvalue weighted by molar-refractivity contribution is 4.90. The van der Waals surface area contributed by atoms with Crippen molar-refractivity contribution in [1.82, 2.24) is 15.1 Å². The molecule has 1 N–H and O–H groups in total. The first-order valence-corrected chi connectivity index (χ1v) is 8.69. The van der Waals surface area contributed by atoms with Crippen molar-refractivity contribution in [2.75, 3.05) is 39.3 Å². The van der Waals surface area contributed by atoms with E-state index in [4.69, 9.17) is 0 Å². The Labute approximate surface area is 126 Å². The van der Waals surface area contributed by atoms with Gasteiger partial charge < -0.3 is 5.32 Å². The molecule has 0 aromatic heterocycles. The molecule has 0 unspecified atom stereocenters. The van der Waals surface area contributed by atoms with Crippen LogP contribution in [0, 0.1) is 5.92 Å². The fourth-order valence-electron chi connectivity index (χ4n) is 3.95. The van der Waals surface area contributed by atoms with E-state index < -0.39 is 0 Å². The van der Waals surface area contributed by atoms with Gasteiger partial charge in [-0.2, -0.15) is 0 Å². The van der Waals surface area contributed by atoms with Crippen LogP contribution >= 0.6 is 0 Å². The van der Waals surface area contributed by atoms with E-state index in [1.54, 1.807) is 0 Å². The Hall–Kier alpha value is -0.120. The molecule has 0 amide bonds. The standard InChI is InChI=1S/C17H35N3/c1-15(2)13-19(16-7-5-6-8-16)14-17(3,4)20-11-9-18-10-12-20/h15-16,18H,5-14H2,1-4H3. The van der Waals surface area contributed by atoms with Crippen LogP contribution in [0.25, 0.3) is 0 Å². The molecule has 1 saturated carbocycles. The maximum Gasteiger partial charge on any atom is 0.0281 e. The van der Waals surface area contributed by atoms with Crippen LogP contribution in [0.3, 0.4) is 0 Å². The van der Waals surface area contributed by atoms with E-state index in [1.165, 1.54) is 51.9 Å². The number of piperazine rings is 1. The van der Waals surface area contributed by atoms with Crippen LogP contribution < -0.4 is 5.32 Å². The molecule has 2 fully saturated rings. The number of nitrogens with one attached hydrogen (secondary N) is 1. The molecule has 2 aliphatic rings. The summed E-state index contributed by atoms with van der Waals surface area (Å²) in [5.41, 5.74) is 0.305. The Kier molecular flexibility index (Phi) is 5.88. The van der Waals surface area contributed by atoms with Gasteiger partial charge in [0.1, 0.15) is 0 Å². The van der Waals surface area contributed by atoms with E-state index in [9.17, 15) is 0 Å². The predicted octanol–water partition coefficient (Wildman–Crippen LogP) is 2.57. The Morgan fingerprint density at radius 1 is 1.15 bits per heavy atom. The number of hydrogen-bond donors (Lipinski definition) is 1. The van der Waals surface area contributed by atoms with Gasteiger partial charge in [0, 0.05) is 50.8 Å². The smallest absolute Gasteiger partial charge is 0.0281 e. The molecule has 0 aromatic carbocycles. The fraction of sp³-hybridized carbons (Fsp3) is 1.00. The zero-order valence-electron chi connectivity index (χ0n) is 14.1. The first-order chi connectivity index (χ1) is 9.49. The largest absolute Gasteiger partial charge is 0.314 e. The average molecular weight is 281 g/mol. The summed E-state index contributed by atoms with van der Waals surface area (Å²) in [6.07, 6.45) is 5.72. The third-order valence-corrected chi connectivity index (χ3v) is 5.00. The van der Waals surface area contributed by atoms with E-state index in [2.05, 4.69) is 42.8 Å². The molecule has 20 heavy (non-hydrogen) atoms. The molecular weight excluding hydrogens is 246 g/mol. The molecule has 1 aliphatic carbocycles. The molecule has 3 heteroatoms. The molecule has 0 aromatic rings. The molecule has 1 heterocycles. The first kappa shape index (κ1) is 16.3. The molecule has 118 valence electrons. The average Bonchev–Trinajstić information content (AvgIpc) is 2.92. The van der Waals surface area contributed by atoms with Gasteiger partial charge in [-0.05, 0) is 32.6 Å². The summed E-state index contributed by atoms with van der Waals surface area (Å²) in [6.45, 7) is 16.8. The summed E-state index contributed by atoms with van der Waals surface area (Å²) in [5.74, 6) is 0.773. The van der Waals surface area contributed by atoms with Crippen molar-refractivity contribution in [3.05, 3.63) is 0 Å². The monoisotopic (exact) mass is 281 g/mol. The summed E-state index contributed by atoms with van der Waals surface area (Å²) in [7, 11) is 0. The SMILES string of the molecule is CC(C)CN(CC(C)(C)N1CCNCC1)C1CCCC1. The highest BCUT2D eigenvalue weighted by atomic mass is 15.3. The quantitative estimate of drug-likeness (QED) is 0.807. The van der Waals surface area contributed by atoms with Crippen molar-refractivity contribution in [1.29, 1.82) is 0 Å². The van der Waals surface area contributed by atoms with Crippen molar-refractivity contribution in [2.24, 2.45) is 5.92 Å². The lowest BCUT2D eigenvalue weighted by Gasteiger charge is -2.45. The minimum Gasteiger partial charge on any atom is -0.314 e. The van der Waals surface area contributed by atoms with Crippen LogP contribution in [0.5, 0.6) is 0 Å². The van der Waals surface area contributed by atoms with Crippen molar-refractivity contribution in [3.8, 4) is 0 Å². The Bertz CT molecular complexity index is 276. The Morgan fingerprint density at radius 3 is 2.30 bits per heavy atom. The minimum atomic E-state index is 0.305. The van der Waals surface area contributed by atoms with Crippen LogP contribution in [0.1, 0.15) is 53.4 Å². The molecule has 1 saturated heterocycles. The molecule has 2 rings (SSSR count). The van der Waals surface area contributed by atoms with E-state index in [0.29, 0.717) is 5.54 Å². The third kappa shape index (κ3) is 4.44. The van der Waals surface area contributed by atoms with Gasteiger partial charge in [-0.25, -0.2) is 0 Å². The van der Waals surface area contributed by atoms with Gasteiger partial charge in [0.15, 0.2) is 0 Å². The molecule has 0 atom stereocenters. The summed E-state index contributed by atoms with van der Waals surface area (Å²) in [5, 5.41) is 3.47. The number of nitrogens with zero attached hydrogens (tertiary/aromatic N) is 2. The van der Waals surface area contributed by atoms with Crippen LogP contribution in [0.4, 0.5) is 0 Å². The lowest BCUT2D eigenvalue weighted by molar-refractivity contribution is 0.0425. The second kappa shape index (κ2) is 7.24. The van der Waals surface area contributed by atoms with Crippen LogP contribution in [0.2, 0.25) is 0 Å². The maximum absolute atomic E-state index is 3.47. The van der Waals surface area contributed by atoms with E-state index in [-0.39, 0.29) is 0 Å². The zero-order chi connectivity index (χ0) is 14.6. The Balaban J connectivity index is 1.96. The van der Waals surface area contributed by atoms with Gasteiger partial charge in [-0.1, -0.05) is 26.7 Å². The second-order valence-electron chi connectivity index (χ2n) is 7.81. The summed E-state index contributed by atoms with van der Waals surface area (Å²) in [6, 6.07) is 0.847. The topological polar surface area (TPSA) is 18.5 Å². The normalized spacial score (nSPS) is 23.1. The van der Waals surface area contributed by atoms with Crippen molar-refractivity contribution in [3.63, 3.8) is 0 Å². The van der Waals surface area contributed by atoms with Gasteiger partial charge in [-0.3, -0.25) is 9.80 Å². The number of hydrogen-bond acceptors (Lipinski definition) is 3. The third-order valence-electron chi connectivity index (χ3n) is 5.00. The van der Waals surface area contributed by atoms with Crippen molar-refractivity contribution < 1.29 is 0 Å². The first-order valence-electron chi connectivity index (χ1n) is 8.69. The van der Waals surface area contributed by atoms with Crippen LogP contribution in [-0.4, -0.2) is 60.6 Å². The van der Waals surface area contributed by atoms with Crippen LogP contribution in [0.15, 0.2) is 0 Å². The summed E-state index contributed by atoms with van der Waals surface area (Å²) in [4.78, 5) is 5.49. The van der Waals surface area contributed by atoms with E-state index >= 15 is 0 Å². The molecule has 1 aliphatic heterocycles. The molecule has 0 radical (unpaired) electrons. The van der Waals surface area contributed by atoms with Crippen molar-refractivity contribution in [2.45, 2.75) is 65.0 Å². The van der Waals surface area contributed by atoms with E-state index in [1.807, 2.05) is 0 Å². The lowest BCUT2D eigenvalue weighted by atomic mass is 9.98. The summed E-state index contributed by atoms with van der Waals surface area (Å²) >= 11 is 0. The summed E-state index contributed by atoms with van der Waals surface area (Å²) < 4.78 is 0. The molecule has 0 bridgehead atoms. The van der Waals surface area contributed by atoms with Gasteiger partial charge in [0.05, 0.1) is 0 Å². The van der Waals surface area contributed by atoms with Crippen molar-refractivity contribution >= 4 is 0 Å². The van der Waals surface area contributed by atoms with Gasteiger partial charge in [0.2, 0.25) is 0 Å². The maximum atomic E-state index is 3.47. The molecule has 0 spiro atoms. The highest BCUT2D eigenvalue weighted by Crippen LogP contribution is 2.27. The Morgan fingerprint density at radius 2 is 1.75 bits per heavy atom. The zero-order valence-corrected chi connectivity index (χ0v) is 14.1. The highest BCUT2D eigenvalue weighted by Gasteiger charge is 2.33. The second-order valence-corrected chi connectivity index (χ2v) is 7.81. The number of rotatable bonds is 6. The van der Waals surface area contributed by atoms with Gasteiger partial charge in [0.25, 0.3) is 0 Å². The molecular formula is C17H35N3. The van der Waals surface area contributed by atoms with E-state index in [0.717, 1.165) is 25.0 Å². The fourth-order valence-corrected chi connectivity index (χ4v) is 3.95. The predicted molar refractivity (Wildman–Crippen MR) is 87.2 cm³/mol. The molecule has 3 nitrogen and oxygen atoms in total. The van der Waals surface area contributed by atoms with Gasteiger partial charge in [-0.15, -0.1) is 0 Å². The minimum absolute atomic E-state index is 0.305.